The molecule has 0 spiro atoms. The highest BCUT2D eigenvalue weighted by atomic mass is 16.5. The van der Waals surface area contributed by atoms with Crippen LogP contribution in [0.2, 0.25) is 0 Å². The van der Waals surface area contributed by atoms with Crippen LogP contribution >= 0.6 is 0 Å². The van der Waals surface area contributed by atoms with Crippen molar-refractivity contribution in [1.29, 1.82) is 0 Å². The Hall–Kier alpha value is -0.810. The average Bonchev–Trinajstić information content (AvgIpc) is 2.59. The van der Waals surface area contributed by atoms with Gasteiger partial charge in [-0.1, -0.05) is 19.3 Å². The van der Waals surface area contributed by atoms with E-state index in [1.807, 2.05) is 0 Å². The molecule has 0 bridgehead atoms. The number of methoxy groups -OCH3 is 1. The van der Waals surface area contributed by atoms with Crippen LogP contribution in [0.15, 0.2) is 0 Å². The lowest BCUT2D eigenvalue weighted by Gasteiger charge is -2.35. The number of nitrogens with zero attached hydrogens (tertiary/aromatic N) is 1. The number of nitrogens with one attached hydrogen (secondary N) is 1. The maximum Gasteiger partial charge on any atom is 0.409 e. The largest absolute Gasteiger partial charge is 0.453 e. The summed E-state index contributed by atoms with van der Waals surface area (Å²) in [4.78, 5) is 13.3. The zero-order valence-electron chi connectivity index (χ0n) is 14.1. The van der Waals surface area contributed by atoms with E-state index >= 15 is 0 Å². The molecule has 2 atom stereocenters. The summed E-state index contributed by atoms with van der Waals surface area (Å²) in [6.07, 6.45) is 7.79. The molecule has 2 aliphatic rings. The predicted molar refractivity (Wildman–Crippen MR) is 86.7 cm³/mol. The first-order valence-corrected chi connectivity index (χ1v) is 8.86. The normalized spacial score (nSPS) is 24.0. The Labute approximate surface area is 134 Å². The molecule has 22 heavy (non-hydrogen) atoms. The third kappa shape index (κ3) is 4.85. The lowest BCUT2D eigenvalue weighted by molar-refractivity contribution is 0.0747. The lowest BCUT2D eigenvalue weighted by atomic mass is 9.85. The van der Waals surface area contributed by atoms with Gasteiger partial charge in [-0.2, -0.15) is 0 Å². The molecule has 128 valence electrons. The summed E-state index contributed by atoms with van der Waals surface area (Å²) in [5, 5.41) is 13.9. The molecule has 0 unspecified atom stereocenters. The molecule has 1 aliphatic heterocycles. The fraction of sp³-hybridized carbons (Fsp3) is 0.941. The van der Waals surface area contributed by atoms with Gasteiger partial charge in [0.1, 0.15) is 0 Å². The second kappa shape index (κ2) is 8.73. The second-order valence-corrected chi connectivity index (χ2v) is 6.96. The number of ether oxygens (including phenoxy) is 1. The van der Waals surface area contributed by atoms with E-state index in [2.05, 4.69) is 12.2 Å². The number of aliphatic hydroxyl groups excluding tert-OH is 1. The summed E-state index contributed by atoms with van der Waals surface area (Å²) in [5.41, 5.74) is 0. The first kappa shape index (κ1) is 17.5. The van der Waals surface area contributed by atoms with Gasteiger partial charge < -0.3 is 20.1 Å². The minimum Gasteiger partial charge on any atom is -0.453 e. The van der Waals surface area contributed by atoms with Crippen molar-refractivity contribution >= 4 is 6.09 Å². The molecule has 0 aromatic carbocycles. The number of carbonyl (C=O) groups excluding carboxylic acids is 1. The summed E-state index contributed by atoms with van der Waals surface area (Å²) in [7, 11) is 1.44. The minimum absolute atomic E-state index is 0.210. The molecular weight excluding hydrogens is 280 g/mol. The number of hydrogen-bond acceptors (Lipinski definition) is 4. The summed E-state index contributed by atoms with van der Waals surface area (Å²) in [6.45, 7) is 4.44. The Morgan fingerprint density at radius 2 is 1.82 bits per heavy atom. The van der Waals surface area contributed by atoms with Gasteiger partial charge in [-0.05, 0) is 44.4 Å². The molecule has 5 nitrogen and oxygen atoms in total. The lowest BCUT2D eigenvalue weighted by Crippen LogP contribution is -2.46. The smallest absolute Gasteiger partial charge is 0.409 e. The number of hydrogen-bond donors (Lipinski definition) is 2. The van der Waals surface area contributed by atoms with Gasteiger partial charge in [0.25, 0.3) is 0 Å². The van der Waals surface area contributed by atoms with Crippen molar-refractivity contribution in [3.8, 4) is 0 Å². The maximum absolute atomic E-state index is 11.5. The molecular formula is C17H32N2O3. The first-order chi connectivity index (χ1) is 10.6. The van der Waals surface area contributed by atoms with Gasteiger partial charge in [0, 0.05) is 25.7 Å². The summed E-state index contributed by atoms with van der Waals surface area (Å²) in [5.74, 6) is 1.05. The Morgan fingerprint density at radius 3 is 2.41 bits per heavy atom. The van der Waals surface area contributed by atoms with Crippen LogP contribution in [0.5, 0.6) is 0 Å². The Balaban J connectivity index is 1.67. The van der Waals surface area contributed by atoms with Gasteiger partial charge in [0.05, 0.1) is 13.2 Å². The molecule has 2 rings (SSSR count). The molecule has 2 N–H and O–H groups in total. The van der Waals surface area contributed by atoms with Crippen molar-refractivity contribution in [2.24, 2.45) is 11.8 Å². The van der Waals surface area contributed by atoms with E-state index in [0.29, 0.717) is 24.4 Å². The van der Waals surface area contributed by atoms with E-state index in [1.165, 1.54) is 39.2 Å². The standard InChI is InChI=1S/C17H32N2O3/c1-13(14-8-10-19(11-9-14)17(21)22-2)18-12-16(20)15-6-4-3-5-7-15/h13-16,18,20H,3-12H2,1-2H3/t13-,16-/m0/s1. The van der Waals surface area contributed by atoms with Gasteiger partial charge in [-0.15, -0.1) is 0 Å². The van der Waals surface area contributed by atoms with Crippen LogP contribution in [0.3, 0.4) is 0 Å². The summed E-state index contributed by atoms with van der Waals surface area (Å²) < 4.78 is 4.77. The van der Waals surface area contributed by atoms with Crippen molar-refractivity contribution < 1.29 is 14.6 Å². The van der Waals surface area contributed by atoms with E-state index in [1.54, 1.807) is 4.90 Å². The number of likely N-dealkylation sites (tertiary alicyclic amines) is 1. The number of piperidine rings is 1. The molecule has 0 radical (unpaired) electrons. The fourth-order valence-electron chi connectivity index (χ4n) is 3.87. The number of amides is 1. The number of rotatable bonds is 5. The minimum atomic E-state index is -0.216. The Bertz CT molecular complexity index is 337. The zero-order chi connectivity index (χ0) is 15.9. The summed E-state index contributed by atoms with van der Waals surface area (Å²) >= 11 is 0. The van der Waals surface area contributed by atoms with Gasteiger partial charge in [0.2, 0.25) is 0 Å². The molecule has 0 aromatic heterocycles. The number of aliphatic hydroxyl groups is 1. The van der Waals surface area contributed by atoms with E-state index in [9.17, 15) is 9.90 Å². The van der Waals surface area contributed by atoms with E-state index < -0.39 is 0 Å². The van der Waals surface area contributed by atoms with Crippen LogP contribution in [0, 0.1) is 11.8 Å². The van der Waals surface area contributed by atoms with Crippen molar-refractivity contribution in [2.45, 2.75) is 64.0 Å². The molecule has 5 heteroatoms. The van der Waals surface area contributed by atoms with E-state index in [-0.39, 0.29) is 12.2 Å². The molecule has 1 saturated heterocycles. The third-order valence-corrected chi connectivity index (χ3v) is 5.52. The van der Waals surface area contributed by atoms with Crippen molar-refractivity contribution in [1.82, 2.24) is 10.2 Å². The Kier molecular flexibility index (Phi) is 6.96. The maximum atomic E-state index is 11.5. The monoisotopic (exact) mass is 312 g/mol. The van der Waals surface area contributed by atoms with Gasteiger partial charge >= 0.3 is 6.09 Å². The highest BCUT2D eigenvalue weighted by Crippen LogP contribution is 2.26. The average molecular weight is 312 g/mol. The highest BCUT2D eigenvalue weighted by Gasteiger charge is 2.28. The van der Waals surface area contributed by atoms with Gasteiger partial charge in [-0.3, -0.25) is 0 Å². The Morgan fingerprint density at radius 1 is 1.18 bits per heavy atom. The third-order valence-electron chi connectivity index (χ3n) is 5.52. The van der Waals surface area contributed by atoms with Crippen molar-refractivity contribution in [2.75, 3.05) is 26.7 Å². The van der Waals surface area contributed by atoms with Crippen molar-refractivity contribution in [3.05, 3.63) is 0 Å². The predicted octanol–water partition coefficient (Wildman–Crippen LogP) is 2.38. The highest BCUT2D eigenvalue weighted by molar-refractivity contribution is 5.67. The van der Waals surface area contributed by atoms with Crippen LogP contribution in [0.4, 0.5) is 4.79 Å². The van der Waals surface area contributed by atoms with E-state index in [4.69, 9.17) is 4.74 Å². The van der Waals surface area contributed by atoms with Crippen LogP contribution < -0.4 is 5.32 Å². The molecule has 1 amide bonds. The van der Waals surface area contributed by atoms with Gasteiger partial charge in [0.15, 0.2) is 0 Å². The molecule has 1 saturated carbocycles. The molecule has 0 aromatic rings. The molecule has 1 aliphatic carbocycles. The zero-order valence-corrected chi connectivity index (χ0v) is 14.1. The van der Waals surface area contributed by atoms with Crippen LogP contribution in [0.25, 0.3) is 0 Å². The van der Waals surface area contributed by atoms with E-state index in [0.717, 1.165) is 25.9 Å². The van der Waals surface area contributed by atoms with Crippen LogP contribution in [-0.4, -0.2) is 55.0 Å². The SMILES string of the molecule is COC(=O)N1CCC([C@H](C)NC[C@H](O)C2CCCCC2)CC1. The molecule has 2 fully saturated rings. The van der Waals surface area contributed by atoms with Crippen molar-refractivity contribution in [3.63, 3.8) is 0 Å². The molecule has 1 heterocycles. The van der Waals surface area contributed by atoms with Crippen LogP contribution in [-0.2, 0) is 4.74 Å². The van der Waals surface area contributed by atoms with Crippen LogP contribution in [0.1, 0.15) is 51.9 Å². The van der Waals surface area contributed by atoms with Gasteiger partial charge in [-0.25, -0.2) is 4.79 Å². The summed E-state index contributed by atoms with van der Waals surface area (Å²) in [6, 6.07) is 0.387. The number of carbonyl (C=O) groups is 1. The topological polar surface area (TPSA) is 61.8 Å². The fourth-order valence-corrected chi connectivity index (χ4v) is 3.87. The quantitative estimate of drug-likeness (QED) is 0.818. The first-order valence-electron chi connectivity index (χ1n) is 8.86. The second-order valence-electron chi connectivity index (χ2n) is 6.96.